The van der Waals surface area contributed by atoms with Crippen molar-refractivity contribution in [3.8, 4) is 5.75 Å². The van der Waals surface area contributed by atoms with Gasteiger partial charge in [0.05, 0.1) is 0 Å². The second-order valence-corrected chi connectivity index (χ2v) is 10.4. The van der Waals surface area contributed by atoms with Crippen LogP contribution >= 0.6 is 23.2 Å². The SMILES string of the molecule is Cc1ccccc1OCC(=O)N(Cc1ccc(Cl)cc1Cl)C(Cc1ccccc1)C(=O)NC1CCCC1. The number of para-hydroxylation sites is 1. The smallest absolute Gasteiger partial charge is 0.261 e. The summed E-state index contributed by atoms with van der Waals surface area (Å²) < 4.78 is 5.90. The van der Waals surface area contributed by atoms with Crippen molar-refractivity contribution in [1.29, 1.82) is 0 Å². The summed E-state index contributed by atoms with van der Waals surface area (Å²) in [7, 11) is 0. The molecule has 1 aliphatic rings. The minimum atomic E-state index is -0.734. The summed E-state index contributed by atoms with van der Waals surface area (Å²) in [5, 5.41) is 4.15. The average molecular weight is 540 g/mol. The van der Waals surface area contributed by atoms with E-state index in [1.165, 1.54) is 0 Å². The molecular weight excluding hydrogens is 507 g/mol. The summed E-state index contributed by atoms with van der Waals surface area (Å²) in [6.07, 6.45) is 4.48. The standard InChI is InChI=1S/C30H32Cl2N2O3/c1-21-9-5-8-14-28(21)37-20-29(35)34(19-23-15-16-24(31)18-26(23)32)27(17-22-10-3-2-4-11-22)30(36)33-25-12-6-7-13-25/h2-5,8-11,14-16,18,25,27H,6-7,12-13,17,19-20H2,1H3,(H,33,36). The number of carbonyl (C=O) groups is 2. The highest BCUT2D eigenvalue weighted by Crippen LogP contribution is 2.25. The maximum absolute atomic E-state index is 13.7. The molecule has 1 atom stereocenters. The van der Waals surface area contributed by atoms with E-state index in [-0.39, 0.29) is 31.0 Å². The molecule has 7 heteroatoms. The first kappa shape index (κ1) is 27.0. The van der Waals surface area contributed by atoms with Crippen LogP contribution in [-0.2, 0) is 22.6 Å². The molecule has 0 heterocycles. The lowest BCUT2D eigenvalue weighted by Crippen LogP contribution is -2.53. The monoisotopic (exact) mass is 538 g/mol. The van der Waals surface area contributed by atoms with E-state index in [9.17, 15) is 9.59 Å². The number of halogens is 2. The van der Waals surface area contributed by atoms with Gasteiger partial charge in [0.25, 0.3) is 5.91 Å². The topological polar surface area (TPSA) is 58.6 Å². The van der Waals surface area contributed by atoms with E-state index in [0.717, 1.165) is 36.8 Å². The van der Waals surface area contributed by atoms with E-state index >= 15 is 0 Å². The van der Waals surface area contributed by atoms with Gasteiger partial charge >= 0.3 is 0 Å². The minimum Gasteiger partial charge on any atom is -0.484 e. The summed E-state index contributed by atoms with van der Waals surface area (Å²) in [4.78, 5) is 29.0. The number of benzene rings is 3. The molecule has 2 amide bonds. The van der Waals surface area contributed by atoms with Gasteiger partial charge in [0.1, 0.15) is 11.8 Å². The Morgan fingerprint density at radius 2 is 1.70 bits per heavy atom. The number of ether oxygens (including phenoxy) is 1. The van der Waals surface area contributed by atoms with Crippen molar-refractivity contribution >= 4 is 35.0 Å². The Labute approximate surface area is 228 Å². The van der Waals surface area contributed by atoms with Gasteiger partial charge in [-0.1, -0.05) is 90.6 Å². The largest absolute Gasteiger partial charge is 0.484 e. The molecule has 0 aliphatic heterocycles. The third kappa shape index (κ3) is 7.50. The summed E-state index contributed by atoms with van der Waals surface area (Å²) >= 11 is 12.6. The Morgan fingerprint density at radius 3 is 2.41 bits per heavy atom. The molecule has 194 valence electrons. The number of hydrogen-bond acceptors (Lipinski definition) is 3. The van der Waals surface area contributed by atoms with Gasteiger partial charge in [-0.2, -0.15) is 0 Å². The fraction of sp³-hybridized carbons (Fsp3) is 0.333. The van der Waals surface area contributed by atoms with Crippen LogP contribution in [0.25, 0.3) is 0 Å². The molecule has 37 heavy (non-hydrogen) atoms. The lowest BCUT2D eigenvalue weighted by atomic mass is 10.0. The number of rotatable bonds is 10. The molecule has 0 bridgehead atoms. The van der Waals surface area contributed by atoms with Crippen molar-refractivity contribution in [3.63, 3.8) is 0 Å². The highest BCUT2D eigenvalue weighted by atomic mass is 35.5. The Bertz CT molecular complexity index is 1210. The molecule has 5 nitrogen and oxygen atoms in total. The van der Waals surface area contributed by atoms with Gasteiger partial charge in [0, 0.05) is 29.1 Å². The van der Waals surface area contributed by atoms with Gasteiger partial charge in [-0.05, 0) is 54.7 Å². The van der Waals surface area contributed by atoms with Crippen molar-refractivity contribution in [3.05, 3.63) is 99.5 Å². The first-order valence-corrected chi connectivity index (χ1v) is 13.4. The molecule has 1 unspecified atom stereocenters. The molecule has 1 saturated carbocycles. The fourth-order valence-corrected chi connectivity index (χ4v) is 5.16. The van der Waals surface area contributed by atoms with Gasteiger partial charge < -0.3 is 15.0 Å². The average Bonchev–Trinajstić information content (AvgIpc) is 3.40. The number of amides is 2. The third-order valence-electron chi connectivity index (χ3n) is 6.77. The Kier molecular flexibility index (Phi) is 9.48. The van der Waals surface area contributed by atoms with Crippen LogP contribution in [0.1, 0.15) is 42.4 Å². The first-order valence-electron chi connectivity index (χ1n) is 12.7. The van der Waals surface area contributed by atoms with Crippen molar-refractivity contribution < 1.29 is 14.3 Å². The predicted octanol–water partition coefficient (Wildman–Crippen LogP) is 6.38. The van der Waals surface area contributed by atoms with E-state index in [0.29, 0.717) is 27.8 Å². The van der Waals surface area contributed by atoms with Crippen LogP contribution in [0, 0.1) is 6.92 Å². The Hall–Kier alpha value is -3.02. The van der Waals surface area contributed by atoms with E-state index in [1.54, 1.807) is 23.1 Å². The second kappa shape index (κ2) is 13.0. The third-order valence-corrected chi connectivity index (χ3v) is 7.36. The highest BCUT2D eigenvalue weighted by Gasteiger charge is 2.32. The number of hydrogen-bond donors (Lipinski definition) is 1. The van der Waals surface area contributed by atoms with Gasteiger partial charge in [-0.25, -0.2) is 0 Å². The fourth-order valence-electron chi connectivity index (χ4n) is 4.70. The lowest BCUT2D eigenvalue weighted by molar-refractivity contribution is -0.143. The van der Waals surface area contributed by atoms with Crippen LogP contribution in [0.3, 0.4) is 0 Å². The van der Waals surface area contributed by atoms with Gasteiger partial charge in [0.2, 0.25) is 5.91 Å². The first-order chi connectivity index (χ1) is 17.9. The quantitative estimate of drug-likeness (QED) is 0.325. The highest BCUT2D eigenvalue weighted by molar-refractivity contribution is 6.35. The Balaban J connectivity index is 1.64. The molecule has 0 spiro atoms. The summed E-state index contributed by atoms with van der Waals surface area (Å²) in [5.74, 6) is 0.178. The lowest BCUT2D eigenvalue weighted by Gasteiger charge is -2.32. The Morgan fingerprint density at radius 1 is 1.00 bits per heavy atom. The second-order valence-electron chi connectivity index (χ2n) is 9.51. The molecule has 3 aromatic carbocycles. The number of nitrogens with zero attached hydrogens (tertiary/aromatic N) is 1. The molecule has 0 saturated heterocycles. The summed E-state index contributed by atoms with van der Waals surface area (Å²) in [6, 6.07) is 21.9. The van der Waals surface area contributed by atoms with E-state index < -0.39 is 6.04 Å². The van der Waals surface area contributed by atoms with E-state index in [2.05, 4.69) is 5.32 Å². The van der Waals surface area contributed by atoms with Crippen LogP contribution in [0.2, 0.25) is 10.0 Å². The maximum atomic E-state index is 13.7. The van der Waals surface area contributed by atoms with E-state index in [4.69, 9.17) is 27.9 Å². The van der Waals surface area contributed by atoms with Gasteiger partial charge in [-0.3, -0.25) is 9.59 Å². The maximum Gasteiger partial charge on any atom is 0.261 e. The van der Waals surface area contributed by atoms with Gasteiger partial charge in [-0.15, -0.1) is 0 Å². The van der Waals surface area contributed by atoms with Crippen LogP contribution in [0.5, 0.6) is 5.75 Å². The molecule has 0 radical (unpaired) electrons. The van der Waals surface area contributed by atoms with Gasteiger partial charge in [0.15, 0.2) is 6.61 Å². The predicted molar refractivity (Wildman–Crippen MR) is 148 cm³/mol. The number of carbonyl (C=O) groups excluding carboxylic acids is 2. The van der Waals surface area contributed by atoms with Crippen LogP contribution in [0.15, 0.2) is 72.8 Å². The van der Waals surface area contributed by atoms with Crippen LogP contribution in [0.4, 0.5) is 0 Å². The van der Waals surface area contributed by atoms with Crippen molar-refractivity contribution in [2.45, 2.75) is 57.7 Å². The minimum absolute atomic E-state index is 0.130. The molecule has 1 fully saturated rings. The van der Waals surface area contributed by atoms with E-state index in [1.807, 2.05) is 61.5 Å². The summed E-state index contributed by atoms with van der Waals surface area (Å²) in [5.41, 5.74) is 2.61. The zero-order valence-corrected chi connectivity index (χ0v) is 22.5. The molecule has 1 N–H and O–H groups in total. The molecule has 4 rings (SSSR count). The zero-order chi connectivity index (χ0) is 26.2. The molecule has 1 aliphatic carbocycles. The van der Waals surface area contributed by atoms with Crippen molar-refractivity contribution in [1.82, 2.24) is 10.2 Å². The van der Waals surface area contributed by atoms with Crippen molar-refractivity contribution in [2.75, 3.05) is 6.61 Å². The van der Waals surface area contributed by atoms with Crippen molar-refractivity contribution in [2.24, 2.45) is 0 Å². The number of aryl methyl sites for hydroxylation is 1. The number of nitrogens with one attached hydrogen (secondary N) is 1. The van der Waals surface area contributed by atoms with Crippen LogP contribution in [-0.4, -0.2) is 35.4 Å². The molecule has 3 aromatic rings. The van der Waals surface area contributed by atoms with Crippen LogP contribution < -0.4 is 10.1 Å². The molecular formula is C30H32Cl2N2O3. The zero-order valence-electron chi connectivity index (χ0n) is 21.0. The molecule has 0 aromatic heterocycles. The normalized spacial score (nSPS) is 14.2. The summed E-state index contributed by atoms with van der Waals surface area (Å²) in [6.45, 7) is 1.89.